The fourth-order valence-electron chi connectivity index (χ4n) is 4.32. The van der Waals surface area contributed by atoms with Gasteiger partial charge in [-0.2, -0.15) is 5.10 Å². The van der Waals surface area contributed by atoms with Crippen LogP contribution < -0.4 is 5.32 Å². The van der Waals surface area contributed by atoms with E-state index in [0.717, 1.165) is 34.3 Å². The summed E-state index contributed by atoms with van der Waals surface area (Å²) in [6, 6.07) is 11.4. The van der Waals surface area contributed by atoms with Crippen molar-refractivity contribution in [3.05, 3.63) is 53.7 Å². The van der Waals surface area contributed by atoms with E-state index in [4.69, 9.17) is 9.72 Å². The van der Waals surface area contributed by atoms with Gasteiger partial charge in [-0.15, -0.1) is 11.3 Å². The fraction of sp³-hybridized carbons (Fsp3) is 0.360. The van der Waals surface area contributed by atoms with Crippen molar-refractivity contribution in [3.63, 3.8) is 0 Å². The van der Waals surface area contributed by atoms with Crippen LogP contribution in [0.5, 0.6) is 0 Å². The number of aromatic amines is 1. The molecule has 1 saturated heterocycles. The van der Waals surface area contributed by atoms with Crippen molar-refractivity contribution in [2.45, 2.75) is 51.8 Å². The van der Waals surface area contributed by atoms with Crippen LogP contribution in [0.4, 0.5) is 10.7 Å². The summed E-state index contributed by atoms with van der Waals surface area (Å²) in [6.45, 7) is 6.78. The molecule has 0 aliphatic carbocycles. The first-order valence-electron chi connectivity index (χ1n) is 11.6. The van der Waals surface area contributed by atoms with Crippen LogP contribution >= 0.6 is 11.3 Å². The lowest BCUT2D eigenvalue weighted by Crippen LogP contribution is -2.41. The molecule has 182 valence electrons. The number of likely N-dealkylation sites (tertiary alicyclic amines) is 1. The lowest BCUT2D eigenvalue weighted by molar-refractivity contribution is 0.0215. The Morgan fingerprint density at radius 1 is 1.23 bits per heavy atom. The van der Waals surface area contributed by atoms with Gasteiger partial charge in [-0.05, 0) is 57.9 Å². The topological polar surface area (TPSA) is 105 Å². The molecule has 1 fully saturated rings. The van der Waals surface area contributed by atoms with Crippen molar-refractivity contribution in [3.8, 4) is 10.4 Å². The van der Waals surface area contributed by atoms with Crippen LogP contribution in [0.2, 0.25) is 0 Å². The van der Waals surface area contributed by atoms with E-state index in [1.807, 2.05) is 55.7 Å². The van der Waals surface area contributed by atoms with Crippen molar-refractivity contribution in [1.82, 2.24) is 24.6 Å². The third kappa shape index (κ3) is 4.93. The molecule has 4 heterocycles. The highest BCUT2D eigenvalue weighted by atomic mass is 32.1. The maximum Gasteiger partial charge on any atom is 0.410 e. The number of rotatable bonds is 5. The predicted molar refractivity (Wildman–Crippen MR) is 136 cm³/mol. The van der Waals surface area contributed by atoms with Gasteiger partial charge in [0.15, 0.2) is 0 Å². The number of nitrogens with one attached hydrogen (secondary N) is 2. The molecule has 0 spiro atoms. The summed E-state index contributed by atoms with van der Waals surface area (Å²) in [6.07, 6.45) is 4.98. The minimum absolute atomic E-state index is 0.0486. The third-order valence-electron chi connectivity index (χ3n) is 5.89. The molecular weight excluding hydrogens is 464 g/mol. The lowest BCUT2D eigenvalue weighted by Gasteiger charge is -2.29. The minimum atomic E-state index is -0.554. The summed E-state index contributed by atoms with van der Waals surface area (Å²) in [5, 5.41) is 9.76. The van der Waals surface area contributed by atoms with Crippen molar-refractivity contribution in [2.75, 3.05) is 11.9 Å². The van der Waals surface area contributed by atoms with Crippen molar-refractivity contribution in [2.24, 2.45) is 0 Å². The van der Waals surface area contributed by atoms with Gasteiger partial charge in [-0.1, -0.05) is 12.1 Å². The Morgan fingerprint density at radius 2 is 2.06 bits per heavy atom. The fourth-order valence-corrected chi connectivity index (χ4v) is 5.20. The number of anilines is 1. The van der Waals surface area contributed by atoms with Gasteiger partial charge in [0.25, 0.3) is 5.91 Å². The van der Waals surface area contributed by atoms with Crippen molar-refractivity contribution >= 4 is 40.3 Å². The van der Waals surface area contributed by atoms with E-state index in [-0.39, 0.29) is 18.0 Å². The molecule has 0 saturated carbocycles. The molecule has 1 atom stereocenters. The molecule has 1 aliphatic rings. The quantitative estimate of drug-likeness (QED) is 0.401. The van der Waals surface area contributed by atoms with E-state index in [0.29, 0.717) is 23.9 Å². The largest absolute Gasteiger partial charge is 0.444 e. The van der Waals surface area contributed by atoms with Gasteiger partial charge in [0, 0.05) is 29.7 Å². The van der Waals surface area contributed by atoms with E-state index in [1.54, 1.807) is 23.4 Å². The highest BCUT2D eigenvalue weighted by Gasteiger charge is 2.33. The van der Waals surface area contributed by atoms with E-state index >= 15 is 0 Å². The Balaban J connectivity index is 1.40. The number of ether oxygens (including phenoxy) is 1. The number of nitrogens with zero attached hydrogens (tertiary/aromatic N) is 4. The van der Waals surface area contributed by atoms with Crippen molar-refractivity contribution in [1.29, 1.82) is 0 Å². The zero-order valence-corrected chi connectivity index (χ0v) is 20.8. The number of benzene rings is 1. The molecule has 35 heavy (non-hydrogen) atoms. The molecule has 9 nitrogen and oxygen atoms in total. The Morgan fingerprint density at radius 3 is 2.83 bits per heavy atom. The molecule has 0 bridgehead atoms. The number of H-pyrrole nitrogens is 1. The molecule has 5 rings (SSSR count). The Kier molecular flexibility index (Phi) is 6.06. The first kappa shape index (κ1) is 23.1. The number of aromatic nitrogens is 4. The first-order valence-corrected chi connectivity index (χ1v) is 12.5. The van der Waals surface area contributed by atoms with E-state index in [9.17, 15) is 9.59 Å². The monoisotopic (exact) mass is 492 g/mol. The van der Waals surface area contributed by atoms with Crippen LogP contribution in [0.3, 0.4) is 0 Å². The first-order chi connectivity index (χ1) is 16.8. The van der Waals surface area contributed by atoms with Crippen LogP contribution in [-0.2, 0) is 11.3 Å². The lowest BCUT2D eigenvalue weighted by atomic mass is 10.2. The molecule has 10 heteroatoms. The summed E-state index contributed by atoms with van der Waals surface area (Å²) in [4.78, 5) is 34.0. The van der Waals surface area contributed by atoms with Gasteiger partial charge < -0.3 is 14.2 Å². The van der Waals surface area contributed by atoms with Crippen molar-refractivity contribution < 1.29 is 14.3 Å². The van der Waals surface area contributed by atoms with Crippen LogP contribution in [0.25, 0.3) is 21.5 Å². The smallest absolute Gasteiger partial charge is 0.410 e. The Bertz CT molecular complexity index is 1350. The summed E-state index contributed by atoms with van der Waals surface area (Å²) < 4.78 is 7.62. The van der Waals surface area contributed by atoms with Gasteiger partial charge in [0.2, 0.25) is 5.95 Å². The van der Waals surface area contributed by atoms with E-state index < -0.39 is 5.60 Å². The number of hydrogen-bond donors (Lipinski definition) is 2. The van der Waals surface area contributed by atoms with Gasteiger partial charge in [-0.3, -0.25) is 15.2 Å². The maximum atomic E-state index is 13.1. The van der Waals surface area contributed by atoms with Gasteiger partial charge >= 0.3 is 6.09 Å². The second-order valence-corrected chi connectivity index (χ2v) is 10.7. The standard InChI is InChI=1S/C25H28N6O3S/c1-25(2,3)34-24(33)30-12-6-7-17(30)15-31-19-9-5-4-8-18(19)28-23(31)29-22(32)21-11-10-20(35-21)16-13-26-27-14-16/h4-5,8-11,13-14,17H,6-7,12,15H2,1-3H3,(H,26,27)(H,28,29,32)/t17-/m0/s1. The van der Waals surface area contributed by atoms with Crippen LogP contribution in [-0.4, -0.2) is 54.8 Å². The van der Waals surface area contributed by atoms with Gasteiger partial charge in [0.05, 0.1) is 28.1 Å². The number of para-hydroxylation sites is 2. The van der Waals surface area contributed by atoms with E-state index in [1.165, 1.54) is 11.3 Å². The molecule has 2 N–H and O–H groups in total. The van der Waals surface area contributed by atoms with Crippen LogP contribution in [0.1, 0.15) is 43.3 Å². The maximum absolute atomic E-state index is 13.1. The number of carbonyl (C=O) groups is 2. The number of amides is 2. The predicted octanol–water partition coefficient (Wildman–Crippen LogP) is 5.14. The molecule has 1 aliphatic heterocycles. The molecule has 0 unspecified atom stereocenters. The molecule has 1 aromatic carbocycles. The molecule has 0 radical (unpaired) electrons. The Hall–Kier alpha value is -3.66. The summed E-state index contributed by atoms with van der Waals surface area (Å²) >= 11 is 1.39. The number of imidazole rings is 1. The summed E-state index contributed by atoms with van der Waals surface area (Å²) in [5.74, 6) is 0.238. The molecular formula is C25H28N6O3S. The molecule has 3 aromatic heterocycles. The summed E-state index contributed by atoms with van der Waals surface area (Å²) in [5.41, 5.74) is 2.07. The average Bonchev–Trinajstić information content (AvgIpc) is 3.60. The van der Waals surface area contributed by atoms with E-state index in [2.05, 4.69) is 15.5 Å². The van der Waals surface area contributed by atoms with Crippen LogP contribution in [0, 0.1) is 0 Å². The Labute approximate surface area is 207 Å². The number of thiophene rings is 1. The van der Waals surface area contributed by atoms with Crippen LogP contribution in [0.15, 0.2) is 48.8 Å². The zero-order valence-electron chi connectivity index (χ0n) is 19.9. The molecule has 4 aromatic rings. The van der Waals surface area contributed by atoms with Gasteiger partial charge in [-0.25, -0.2) is 9.78 Å². The number of carbonyl (C=O) groups excluding carboxylic acids is 2. The minimum Gasteiger partial charge on any atom is -0.444 e. The summed E-state index contributed by atoms with van der Waals surface area (Å²) in [7, 11) is 0. The second kappa shape index (κ2) is 9.18. The number of fused-ring (bicyclic) bond motifs is 1. The third-order valence-corrected chi connectivity index (χ3v) is 7.02. The number of hydrogen-bond acceptors (Lipinski definition) is 6. The zero-order chi connectivity index (χ0) is 24.6. The second-order valence-electron chi connectivity index (χ2n) is 9.61. The highest BCUT2D eigenvalue weighted by molar-refractivity contribution is 7.17. The SMILES string of the molecule is CC(C)(C)OC(=O)N1CCC[C@H]1Cn1c(NC(=O)c2ccc(-c3cn[nH]c3)s2)nc2ccccc21. The average molecular weight is 493 g/mol. The molecule has 2 amide bonds. The normalized spacial score (nSPS) is 16.1. The van der Waals surface area contributed by atoms with Gasteiger partial charge in [0.1, 0.15) is 5.60 Å². The highest BCUT2D eigenvalue weighted by Crippen LogP contribution is 2.29.